The Labute approximate surface area is 133 Å². The summed E-state index contributed by atoms with van der Waals surface area (Å²) < 4.78 is 0. The predicted octanol–water partition coefficient (Wildman–Crippen LogP) is 2.60. The zero-order chi connectivity index (χ0) is 16.1. The van der Waals surface area contributed by atoms with Gasteiger partial charge in [-0.1, -0.05) is 24.3 Å². The first-order valence-corrected chi connectivity index (χ1v) is 7.21. The molecule has 2 N–H and O–H groups in total. The van der Waals surface area contributed by atoms with E-state index in [2.05, 4.69) is 15.6 Å². The van der Waals surface area contributed by atoms with E-state index in [0.29, 0.717) is 11.3 Å². The zero-order valence-corrected chi connectivity index (χ0v) is 12.3. The lowest BCUT2D eigenvalue weighted by Gasteiger charge is -2.09. The Kier molecular flexibility index (Phi) is 4.29. The lowest BCUT2D eigenvalue weighted by Crippen LogP contribution is -2.32. The van der Waals surface area contributed by atoms with E-state index in [4.69, 9.17) is 0 Å². The Morgan fingerprint density at radius 2 is 1.74 bits per heavy atom. The topological polar surface area (TPSA) is 71.1 Å². The standard InChI is InChI=1S/C18H15N3O2/c22-17(12-20-18(23)13-6-2-1-3-7-13)21-16-10-4-9-15-14(16)8-5-11-19-15/h1-11H,12H2,(H,20,23)(H,21,22). The van der Waals surface area contributed by atoms with Gasteiger partial charge in [-0.3, -0.25) is 14.6 Å². The number of nitrogens with zero attached hydrogens (tertiary/aromatic N) is 1. The fourth-order valence-electron chi connectivity index (χ4n) is 2.26. The Morgan fingerprint density at radius 1 is 0.913 bits per heavy atom. The molecule has 1 aromatic heterocycles. The lowest BCUT2D eigenvalue weighted by molar-refractivity contribution is -0.115. The molecule has 0 atom stereocenters. The number of pyridine rings is 1. The van der Waals surface area contributed by atoms with Crippen LogP contribution in [0, 0.1) is 0 Å². The highest BCUT2D eigenvalue weighted by atomic mass is 16.2. The van der Waals surface area contributed by atoms with Crippen molar-refractivity contribution in [1.82, 2.24) is 10.3 Å². The van der Waals surface area contributed by atoms with Gasteiger partial charge in [-0.2, -0.15) is 0 Å². The Balaban J connectivity index is 1.64. The molecule has 0 saturated carbocycles. The van der Waals surface area contributed by atoms with Crippen LogP contribution >= 0.6 is 0 Å². The maximum atomic E-state index is 12.0. The predicted molar refractivity (Wildman–Crippen MR) is 89.1 cm³/mol. The van der Waals surface area contributed by atoms with Crippen LogP contribution in [0.3, 0.4) is 0 Å². The van der Waals surface area contributed by atoms with E-state index in [0.717, 1.165) is 10.9 Å². The summed E-state index contributed by atoms with van der Waals surface area (Å²) in [5, 5.41) is 6.26. The molecule has 3 aromatic rings. The van der Waals surface area contributed by atoms with Crippen LogP contribution in [0.4, 0.5) is 5.69 Å². The maximum Gasteiger partial charge on any atom is 0.251 e. The van der Waals surface area contributed by atoms with Gasteiger partial charge in [0.25, 0.3) is 5.91 Å². The van der Waals surface area contributed by atoms with Gasteiger partial charge in [-0.15, -0.1) is 0 Å². The number of carbonyl (C=O) groups is 2. The van der Waals surface area contributed by atoms with E-state index in [9.17, 15) is 9.59 Å². The molecule has 0 aliphatic rings. The highest BCUT2D eigenvalue weighted by Crippen LogP contribution is 2.20. The van der Waals surface area contributed by atoms with Crippen molar-refractivity contribution >= 4 is 28.4 Å². The molecule has 114 valence electrons. The van der Waals surface area contributed by atoms with Crippen LogP contribution in [0.15, 0.2) is 66.9 Å². The second-order valence-electron chi connectivity index (χ2n) is 4.97. The first-order chi connectivity index (χ1) is 11.2. The van der Waals surface area contributed by atoms with Crippen molar-refractivity contribution in [2.45, 2.75) is 0 Å². The van der Waals surface area contributed by atoms with Crippen molar-refractivity contribution in [3.63, 3.8) is 0 Å². The summed E-state index contributed by atoms with van der Waals surface area (Å²) in [4.78, 5) is 28.2. The van der Waals surface area contributed by atoms with Gasteiger partial charge in [0.1, 0.15) is 0 Å². The summed E-state index contributed by atoms with van der Waals surface area (Å²) in [5.74, 6) is -0.564. The molecule has 0 radical (unpaired) electrons. The first kappa shape index (κ1) is 14.7. The van der Waals surface area contributed by atoms with Gasteiger partial charge in [0.15, 0.2) is 0 Å². The minimum Gasteiger partial charge on any atom is -0.343 e. The van der Waals surface area contributed by atoms with Crippen LogP contribution in [0.2, 0.25) is 0 Å². The molecule has 0 spiro atoms. The third-order valence-electron chi connectivity index (χ3n) is 3.37. The highest BCUT2D eigenvalue weighted by molar-refractivity contribution is 6.03. The second kappa shape index (κ2) is 6.70. The van der Waals surface area contributed by atoms with Crippen molar-refractivity contribution in [2.75, 3.05) is 11.9 Å². The van der Waals surface area contributed by atoms with Crippen LogP contribution in [-0.2, 0) is 4.79 Å². The van der Waals surface area contributed by atoms with Gasteiger partial charge in [-0.05, 0) is 36.4 Å². The second-order valence-corrected chi connectivity index (χ2v) is 4.97. The van der Waals surface area contributed by atoms with E-state index in [-0.39, 0.29) is 18.4 Å². The Morgan fingerprint density at radius 3 is 2.57 bits per heavy atom. The highest BCUT2D eigenvalue weighted by Gasteiger charge is 2.09. The molecule has 0 bridgehead atoms. The van der Waals surface area contributed by atoms with Crippen molar-refractivity contribution < 1.29 is 9.59 Å². The SMILES string of the molecule is O=C(CNC(=O)c1ccccc1)Nc1cccc2ncccc12. The number of fused-ring (bicyclic) bond motifs is 1. The summed E-state index contributed by atoms with van der Waals surface area (Å²) in [5.41, 5.74) is 2.00. The van der Waals surface area contributed by atoms with E-state index in [1.165, 1.54) is 0 Å². The monoisotopic (exact) mass is 305 g/mol. The third-order valence-corrected chi connectivity index (χ3v) is 3.37. The smallest absolute Gasteiger partial charge is 0.251 e. The lowest BCUT2D eigenvalue weighted by atomic mass is 10.2. The van der Waals surface area contributed by atoms with Crippen molar-refractivity contribution in [3.8, 4) is 0 Å². The summed E-state index contributed by atoms with van der Waals surface area (Å²) in [6, 6.07) is 18.0. The molecule has 0 fully saturated rings. The molecule has 23 heavy (non-hydrogen) atoms. The van der Waals surface area contributed by atoms with E-state index in [1.54, 1.807) is 36.5 Å². The average molecular weight is 305 g/mol. The molecule has 2 amide bonds. The minimum atomic E-state index is -0.286. The van der Waals surface area contributed by atoms with Gasteiger partial charge >= 0.3 is 0 Å². The van der Waals surface area contributed by atoms with Crippen LogP contribution in [-0.4, -0.2) is 23.3 Å². The molecular weight excluding hydrogens is 290 g/mol. The largest absolute Gasteiger partial charge is 0.343 e. The normalized spacial score (nSPS) is 10.3. The summed E-state index contributed by atoms with van der Waals surface area (Å²) in [7, 11) is 0. The van der Waals surface area contributed by atoms with E-state index >= 15 is 0 Å². The first-order valence-electron chi connectivity index (χ1n) is 7.21. The number of benzene rings is 2. The van der Waals surface area contributed by atoms with Gasteiger partial charge in [-0.25, -0.2) is 0 Å². The molecule has 0 saturated heterocycles. The minimum absolute atomic E-state index is 0.0929. The van der Waals surface area contributed by atoms with E-state index < -0.39 is 0 Å². The van der Waals surface area contributed by atoms with Crippen molar-refractivity contribution in [1.29, 1.82) is 0 Å². The van der Waals surface area contributed by atoms with Crippen LogP contribution < -0.4 is 10.6 Å². The number of nitrogens with one attached hydrogen (secondary N) is 2. The van der Waals surface area contributed by atoms with Crippen molar-refractivity contribution in [3.05, 3.63) is 72.4 Å². The molecule has 5 heteroatoms. The zero-order valence-electron chi connectivity index (χ0n) is 12.3. The number of rotatable bonds is 4. The molecule has 0 aliphatic heterocycles. The molecule has 3 rings (SSSR count). The van der Waals surface area contributed by atoms with Crippen LogP contribution in [0.25, 0.3) is 10.9 Å². The van der Waals surface area contributed by atoms with Crippen LogP contribution in [0.1, 0.15) is 10.4 Å². The molecule has 5 nitrogen and oxygen atoms in total. The molecule has 2 aromatic carbocycles. The molecular formula is C18H15N3O2. The molecule has 0 unspecified atom stereocenters. The summed E-state index contributed by atoms with van der Waals surface area (Å²) in [6.07, 6.45) is 1.70. The number of aromatic nitrogens is 1. The number of carbonyl (C=O) groups excluding carboxylic acids is 2. The summed E-state index contributed by atoms with van der Waals surface area (Å²) >= 11 is 0. The van der Waals surface area contributed by atoms with Crippen molar-refractivity contribution in [2.24, 2.45) is 0 Å². The number of hydrogen-bond donors (Lipinski definition) is 2. The molecule has 1 heterocycles. The number of anilines is 1. The quantitative estimate of drug-likeness (QED) is 0.778. The van der Waals surface area contributed by atoms with Gasteiger partial charge in [0, 0.05) is 17.1 Å². The number of hydrogen-bond acceptors (Lipinski definition) is 3. The van der Waals surface area contributed by atoms with E-state index in [1.807, 2.05) is 30.3 Å². The summed E-state index contributed by atoms with van der Waals surface area (Å²) in [6.45, 7) is -0.0929. The van der Waals surface area contributed by atoms with Gasteiger partial charge in [0.05, 0.1) is 17.7 Å². The maximum absolute atomic E-state index is 12.0. The number of amides is 2. The Hall–Kier alpha value is -3.21. The van der Waals surface area contributed by atoms with Gasteiger partial charge < -0.3 is 10.6 Å². The van der Waals surface area contributed by atoms with Gasteiger partial charge in [0.2, 0.25) is 5.91 Å². The fraction of sp³-hybridized carbons (Fsp3) is 0.0556. The molecule has 0 aliphatic carbocycles. The average Bonchev–Trinajstić information content (AvgIpc) is 2.61. The van der Waals surface area contributed by atoms with Crippen LogP contribution in [0.5, 0.6) is 0 Å². The Bertz CT molecular complexity index is 842. The fourth-order valence-corrected chi connectivity index (χ4v) is 2.26. The third kappa shape index (κ3) is 3.52.